The summed E-state index contributed by atoms with van der Waals surface area (Å²) in [5, 5.41) is 4.01. The summed E-state index contributed by atoms with van der Waals surface area (Å²) < 4.78 is 0. The van der Waals surface area contributed by atoms with E-state index in [9.17, 15) is 4.79 Å². The molecule has 0 fully saturated rings. The Kier molecular flexibility index (Phi) is 4.77. The van der Waals surface area contributed by atoms with Crippen molar-refractivity contribution in [2.45, 2.75) is 19.5 Å². The zero-order valence-corrected chi connectivity index (χ0v) is 15.6. The van der Waals surface area contributed by atoms with E-state index in [1.807, 2.05) is 35.2 Å². The lowest BCUT2D eigenvalue weighted by molar-refractivity contribution is 0.0683. The van der Waals surface area contributed by atoms with Crippen LogP contribution in [0.4, 0.5) is 5.69 Å². The Balaban J connectivity index is 1.69. The van der Waals surface area contributed by atoms with Crippen LogP contribution in [0.3, 0.4) is 0 Å². The molecule has 3 aromatic rings. The zero-order valence-electron chi connectivity index (χ0n) is 14.9. The van der Waals surface area contributed by atoms with Crippen molar-refractivity contribution in [3.63, 3.8) is 0 Å². The molecule has 0 radical (unpaired) electrons. The second-order valence-corrected chi connectivity index (χ2v) is 6.88. The standard InChI is InChI=1S/C21H19ClN4O/c1-2-10-26-20(25-18-11-16(22)8-9-17(18)21(26)27)15-12-23-19(24-13-15)14-6-4-3-5-7-14/h3-9,11-13,20,25H,2,10H2,1H3. The van der Waals surface area contributed by atoms with Crippen LogP contribution in [0.2, 0.25) is 5.02 Å². The number of aromatic nitrogens is 2. The molecule has 0 spiro atoms. The number of nitrogens with one attached hydrogen (secondary N) is 1. The van der Waals surface area contributed by atoms with Gasteiger partial charge in [0, 0.05) is 35.1 Å². The van der Waals surface area contributed by atoms with Crippen molar-refractivity contribution in [2.75, 3.05) is 11.9 Å². The van der Waals surface area contributed by atoms with Crippen LogP contribution in [0.5, 0.6) is 0 Å². The molecule has 1 aliphatic rings. The summed E-state index contributed by atoms with van der Waals surface area (Å²) in [6, 6.07) is 15.1. The molecule has 1 atom stereocenters. The van der Waals surface area contributed by atoms with Crippen LogP contribution in [-0.2, 0) is 0 Å². The zero-order chi connectivity index (χ0) is 18.8. The fourth-order valence-corrected chi connectivity index (χ4v) is 3.44. The molecular weight excluding hydrogens is 360 g/mol. The van der Waals surface area contributed by atoms with Gasteiger partial charge in [-0.25, -0.2) is 9.97 Å². The van der Waals surface area contributed by atoms with Crippen LogP contribution in [0.1, 0.15) is 35.4 Å². The normalized spacial score (nSPS) is 16.0. The number of carbonyl (C=O) groups excluding carboxylic acids is 1. The first-order valence-corrected chi connectivity index (χ1v) is 9.29. The van der Waals surface area contributed by atoms with Crippen LogP contribution in [0, 0.1) is 0 Å². The van der Waals surface area contributed by atoms with Gasteiger partial charge in [0.05, 0.1) is 11.3 Å². The first-order valence-electron chi connectivity index (χ1n) is 8.92. The van der Waals surface area contributed by atoms with Crippen molar-refractivity contribution in [1.29, 1.82) is 0 Å². The van der Waals surface area contributed by atoms with Crippen LogP contribution < -0.4 is 5.32 Å². The highest BCUT2D eigenvalue weighted by atomic mass is 35.5. The lowest BCUT2D eigenvalue weighted by atomic mass is 10.0. The van der Waals surface area contributed by atoms with Gasteiger partial charge in [0.1, 0.15) is 6.17 Å². The number of amides is 1. The van der Waals surface area contributed by atoms with Crippen LogP contribution in [-0.4, -0.2) is 27.3 Å². The van der Waals surface area contributed by atoms with Crippen molar-refractivity contribution < 1.29 is 4.79 Å². The Morgan fingerprint density at radius 3 is 2.56 bits per heavy atom. The number of fused-ring (bicyclic) bond motifs is 1. The molecule has 6 heteroatoms. The maximum atomic E-state index is 13.0. The Morgan fingerprint density at radius 1 is 1.11 bits per heavy atom. The summed E-state index contributed by atoms with van der Waals surface area (Å²) in [6.07, 6.45) is 4.08. The minimum Gasteiger partial charge on any atom is -0.361 e. The van der Waals surface area contributed by atoms with E-state index in [4.69, 9.17) is 11.6 Å². The minimum absolute atomic E-state index is 0.0144. The van der Waals surface area contributed by atoms with E-state index >= 15 is 0 Å². The average molecular weight is 379 g/mol. The van der Waals surface area contributed by atoms with Gasteiger partial charge in [-0.05, 0) is 24.6 Å². The highest BCUT2D eigenvalue weighted by Gasteiger charge is 2.32. The molecule has 136 valence electrons. The van der Waals surface area contributed by atoms with Crippen LogP contribution in [0.15, 0.2) is 60.9 Å². The molecule has 0 aliphatic carbocycles. The van der Waals surface area contributed by atoms with E-state index in [2.05, 4.69) is 22.2 Å². The SMILES string of the molecule is CCCN1C(=O)c2ccc(Cl)cc2NC1c1cnc(-c2ccccc2)nc1. The molecule has 27 heavy (non-hydrogen) atoms. The molecule has 2 heterocycles. The number of carbonyl (C=O) groups is 1. The molecule has 1 aliphatic heterocycles. The quantitative estimate of drug-likeness (QED) is 0.710. The highest BCUT2D eigenvalue weighted by molar-refractivity contribution is 6.31. The lowest BCUT2D eigenvalue weighted by Gasteiger charge is -2.37. The fraction of sp³-hybridized carbons (Fsp3) is 0.190. The van der Waals surface area contributed by atoms with E-state index in [0.29, 0.717) is 23.0 Å². The molecule has 2 aromatic carbocycles. The van der Waals surface area contributed by atoms with Crippen molar-refractivity contribution in [3.05, 3.63) is 77.1 Å². The average Bonchev–Trinajstić information content (AvgIpc) is 2.71. The lowest BCUT2D eigenvalue weighted by Crippen LogP contribution is -2.43. The van der Waals surface area contributed by atoms with Gasteiger partial charge < -0.3 is 10.2 Å². The summed E-state index contributed by atoms with van der Waals surface area (Å²) >= 11 is 6.11. The number of hydrogen-bond acceptors (Lipinski definition) is 4. The molecule has 1 unspecified atom stereocenters. The topological polar surface area (TPSA) is 58.1 Å². The maximum Gasteiger partial charge on any atom is 0.257 e. The predicted molar refractivity (Wildman–Crippen MR) is 107 cm³/mol. The largest absolute Gasteiger partial charge is 0.361 e. The smallest absolute Gasteiger partial charge is 0.257 e. The number of anilines is 1. The van der Waals surface area contributed by atoms with Crippen LogP contribution >= 0.6 is 11.6 Å². The molecule has 1 aromatic heterocycles. The Bertz CT molecular complexity index is 960. The first kappa shape index (κ1) is 17.5. The predicted octanol–water partition coefficient (Wildman–Crippen LogP) is 4.77. The second kappa shape index (κ2) is 7.37. The fourth-order valence-electron chi connectivity index (χ4n) is 3.27. The summed E-state index contributed by atoms with van der Waals surface area (Å²) in [5.41, 5.74) is 3.16. The molecule has 0 bridgehead atoms. The Morgan fingerprint density at radius 2 is 1.85 bits per heavy atom. The summed E-state index contributed by atoms with van der Waals surface area (Å²) in [7, 11) is 0. The monoisotopic (exact) mass is 378 g/mol. The Labute approximate surface area is 163 Å². The van der Waals surface area contributed by atoms with Crippen molar-refractivity contribution >= 4 is 23.2 Å². The first-order chi connectivity index (χ1) is 13.2. The number of nitrogens with zero attached hydrogens (tertiary/aromatic N) is 3. The number of rotatable bonds is 4. The van der Waals surface area contributed by atoms with Gasteiger partial charge in [-0.1, -0.05) is 48.9 Å². The van der Waals surface area contributed by atoms with Gasteiger partial charge in [-0.15, -0.1) is 0 Å². The van der Waals surface area contributed by atoms with Crippen molar-refractivity contribution in [1.82, 2.24) is 14.9 Å². The van der Waals surface area contributed by atoms with Gasteiger partial charge in [0.2, 0.25) is 0 Å². The highest BCUT2D eigenvalue weighted by Crippen LogP contribution is 2.34. The van der Waals surface area contributed by atoms with Gasteiger partial charge in [0.25, 0.3) is 5.91 Å². The number of benzene rings is 2. The molecule has 1 amide bonds. The van der Waals surface area contributed by atoms with E-state index < -0.39 is 0 Å². The molecule has 4 rings (SSSR count). The van der Waals surface area contributed by atoms with E-state index in [1.54, 1.807) is 30.6 Å². The van der Waals surface area contributed by atoms with E-state index in [1.165, 1.54) is 0 Å². The minimum atomic E-state index is -0.326. The van der Waals surface area contributed by atoms with Gasteiger partial charge in [-0.3, -0.25) is 4.79 Å². The van der Waals surface area contributed by atoms with Crippen LogP contribution in [0.25, 0.3) is 11.4 Å². The van der Waals surface area contributed by atoms with Crippen molar-refractivity contribution in [3.8, 4) is 11.4 Å². The second-order valence-electron chi connectivity index (χ2n) is 6.44. The molecule has 1 N–H and O–H groups in total. The third-order valence-corrected chi connectivity index (χ3v) is 4.80. The van der Waals surface area contributed by atoms with Gasteiger partial charge >= 0.3 is 0 Å². The summed E-state index contributed by atoms with van der Waals surface area (Å²) in [6.45, 7) is 2.69. The third kappa shape index (κ3) is 3.38. The molecule has 5 nitrogen and oxygen atoms in total. The number of halogens is 1. The van der Waals surface area contributed by atoms with Gasteiger partial charge in [-0.2, -0.15) is 0 Å². The maximum absolute atomic E-state index is 13.0. The van der Waals surface area contributed by atoms with E-state index in [-0.39, 0.29) is 12.1 Å². The summed E-state index contributed by atoms with van der Waals surface area (Å²) in [4.78, 5) is 23.8. The third-order valence-electron chi connectivity index (χ3n) is 4.56. The molecule has 0 saturated carbocycles. The van der Waals surface area contributed by atoms with Gasteiger partial charge in [0.15, 0.2) is 5.82 Å². The van der Waals surface area contributed by atoms with Crippen molar-refractivity contribution in [2.24, 2.45) is 0 Å². The molecular formula is C21H19ClN4O. The number of hydrogen-bond donors (Lipinski definition) is 1. The Hall–Kier alpha value is -2.92. The van der Waals surface area contributed by atoms with E-state index in [0.717, 1.165) is 23.2 Å². The molecule has 0 saturated heterocycles. The summed E-state index contributed by atoms with van der Waals surface area (Å²) in [5.74, 6) is 0.645.